The van der Waals surface area contributed by atoms with Gasteiger partial charge in [0, 0.05) is 24.5 Å². The number of aliphatic hydroxyl groups is 1. The summed E-state index contributed by atoms with van der Waals surface area (Å²) in [5.41, 5.74) is 1.67. The molecule has 1 heterocycles. The first-order valence-electron chi connectivity index (χ1n) is 6.80. The Balaban J connectivity index is 2.03. The number of hydrogen-bond donors (Lipinski definition) is 3. The third kappa shape index (κ3) is 3.79. The number of nitrogens with zero attached hydrogens (tertiary/aromatic N) is 3. The van der Waals surface area contributed by atoms with Gasteiger partial charge in [0.05, 0.1) is 6.61 Å². The molecule has 1 aromatic heterocycles. The number of aliphatic hydroxyl groups excluding tert-OH is 1. The van der Waals surface area contributed by atoms with E-state index in [9.17, 15) is 4.79 Å². The molecule has 112 valence electrons. The van der Waals surface area contributed by atoms with Gasteiger partial charge in [0.25, 0.3) is 5.91 Å². The fraction of sp³-hybridized carbons (Fsp3) is 0.357. The van der Waals surface area contributed by atoms with Gasteiger partial charge >= 0.3 is 0 Å². The van der Waals surface area contributed by atoms with Crippen molar-refractivity contribution in [2.75, 3.05) is 29.9 Å². The van der Waals surface area contributed by atoms with Crippen LogP contribution in [0, 0.1) is 6.92 Å². The molecule has 7 nitrogen and oxygen atoms in total. The number of nitrogens with one attached hydrogen (secondary N) is 2. The highest BCUT2D eigenvalue weighted by Crippen LogP contribution is 2.18. The highest BCUT2D eigenvalue weighted by atomic mass is 16.3. The van der Waals surface area contributed by atoms with Crippen LogP contribution in [-0.2, 0) is 0 Å². The first-order valence-corrected chi connectivity index (χ1v) is 6.80. The summed E-state index contributed by atoms with van der Waals surface area (Å²) < 4.78 is 0. The molecule has 0 spiro atoms. The number of carbonyl (C=O) groups excluding carboxylic acids is 1. The van der Waals surface area contributed by atoms with Crippen molar-refractivity contribution in [1.29, 1.82) is 0 Å². The zero-order chi connectivity index (χ0) is 15.2. The summed E-state index contributed by atoms with van der Waals surface area (Å²) in [6.07, 6.45) is 0. The predicted octanol–water partition coefficient (Wildman–Crippen LogP) is 1.18. The van der Waals surface area contributed by atoms with Gasteiger partial charge in [0.2, 0.25) is 5.82 Å². The lowest BCUT2D eigenvalue weighted by Crippen LogP contribution is -2.26. The summed E-state index contributed by atoms with van der Waals surface area (Å²) in [6, 6.07) is 7.43. The number of aromatic amines is 1. The first-order chi connectivity index (χ1) is 10.1. The van der Waals surface area contributed by atoms with Crippen LogP contribution in [-0.4, -0.2) is 45.9 Å². The van der Waals surface area contributed by atoms with Crippen LogP contribution in [0.4, 0.5) is 11.4 Å². The number of carbonyl (C=O) groups is 1. The fourth-order valence-corrected chi connectivity index (χ4v) is 1.98. The van der Waals surface area contributed by atoms with Gasteiger partial charge in [0.15, 0.2) is 0 Å². The lowest BCUT2D eigenvalue weighted by molar-refractivity contribution is 0.101. The minimum Gasteiger partial charge on any atom is -0.395 e. The monoisotopic (exact) mass is 289 g/mol. The van der Waals surface area contributed by atoms with Gasteiger partial charge in [-0.05, 0) is 38.1 Å². The quantitative estimate of drug-likeness (QED) is 0.742. The Morgan fingerprint density at radius 2 is 2.10 bits per heavy atom. The van der Waals surface area contributed by atoms with Gasteiger partial charge < -0.3 is 15.3 Å². The van der Waals surface area contributed by atoms with Crippen LogP contribution in [0.1, 0.15) is 23.4 Å². The Kier molecular flexibility index (Phi) is 4.89. The predicted molar refractivity (Wildman–Crippen MR) is 80.5 cm³/mol. The van der Waals surface area contributed by atoms with E-state index in [0.29, 0.717) is 18.1 Å². The van der Waals surface area contributed by atoms with E-state index in [0.717, 1.165) is 12.2 Å². The highest BCUT2D eigenvalue weighted by Gasteiger charge is 2.11. The Morgan fingerprint density at radius 3 is 2.62 bits per heavy atom. The van der Waals surface area contributed by atoms with Gasteiger partial charge in [-0.2, -0.15) is 0 Å². The number of rotatable bonds is 6. The van der Waals surface area contributed by atoms with Crippen molar-refractivity contribution in [3.8, 4) is 0 Å². The van der Waals surface area contributed by atoms with E-state index < -0.39 is 0 Å². The van der Waals surface area contributed by atoms with Crippen molar-refractivity contribution in [2.45, 2.75) is 13.8 Å². The fourth-order valence-electron chi connectivity index (χ4n) is 1.98. The molecule has 1 aromatic carbocycles. The Labute approximate surface area is 123 Å². The largest absolute Gasteiger partial charge is 0.395 e. The standard InChI is InChI=1S/C14H19N5O2/c1-3-19(8-9-20)12-6-4-11(5-7-12)16-14(21)13-15-10(2)17-18-13/h4-7,20H,3,8-9H2,1-2H3,(H,16,21)(H,15,17,18). The molecule has 2 rings (SSSR count). The molecule has 7 heteroatoms. The smallest absolute Gasteiger partial charge is 0.295 e. The molecule has 1 amide bonds. The molecule has 0 saturated carbocycles. The average molecular weight is 289 g/mol. The van der Waals surface area contributed by atoms with Gasteiger partial charge in [-0.15, -0.1) is 5.10 Å². The van der Waals surface area contributed by atoms with Crippen molar-refractivity contribution in [2.24, 2.45) is 0 Å². The number of aromatic nitrogens is 3. The van der Waals surface area contributed by atoms with E-state index in [1.165, 1.54) is 0 Å². The van der Waals surface area contributed by atoms with Gasteiger partial charge in [-0.1, -0.05) is 0 Å². The topological polar surface area (TPSA) is 94.1 Å². The van der Waals surface area contributed by atoms with E-state index in [1.54, 1.807) is 6.92 Å². The van der Waals surface area contributed by atoms with E-state index in [1.807, 2.05) is 36.1 Å². The Hall–Kier alpha value is -2.41. The van der Waals surface area contributed by atoms with Crippen LogP contribution in [0.15, 0.2) is 24.3 Å². The summed E-state index contributed by atoms with van der Waals surface area (Å²) >= 11 is 0. The maximum atomic E-state index is 11.9. The van der Waals surface area contributed by atoms with Crippen molar-refractivity contribution in [3.63, 3.8) is 0 Å². The number of benzene rings is 1. The third-order valence-electron chi connectivity index (χ3n) is 3.04. The minimum absolute atomic E-state index is 0.108. The van der Waals surface area contributed by atoms with Crippen molar-refractivity contribution in [1.82, 2.24) is 15.2 Å². The summed E-state index contributed by atoms with van der Waals surface area (Å²) in [5, 5.41) is 18.2. The van der Waals surface area contributed by atoms with Crippen molar-refractivity contribution < 1.29 is 9.90 Å². The summed E-state index contributed by atoms with van der Waals surface area (Å²) in [6.45, 7) is 5.26. The Morgan fingerprint density at radius 1 is 1.38 bits per heavy atom. The Bertz CT molecular complexity index is 594. The molecule has 0 radical (unpaired) electrons. The average Bonchev–Trinajstić information content (AvgIpc) is 2.92. The second-order valence-electron chi connectivity index (χ2n) is 4.55. The number of aryl methyl sites for hydroxylation is 1. The molecule has 0 saturated heterocycles. The van der Waals surface area contributed by atoms with Gasteiger partial charge in [-0.3, -0.25) is 9.89 Å². The summed E-state index contributed by atoms with van der Waals surface area (Å²) in [7, 11) is 0. The van der Waals surface area contributed by atoms with Crippen LogP contribution in [0.3, 0.4) is 0 Å². The van der Waals surface area contributed by atoms with E-state index in [2.05, 4.69) is 20.5 Å². The molecule has 2 aromatic rings. The zero-order valence-electron chi connectivity index (χ0n) is 12.1. The first kappa shape index (κ1) is 15.0. The molecule has 3 N–H and O–H groups in total. The second-order valence-corrected chi connectivity index (χ2v) is 4.55. The van der Waals surface area contributed by atoms with E-state index in [-0.39, 0.29) is 18.3 Å². The molecule has 0 unspecified atom stereocenters. The molecule has 0 fully saturated rings. The highest BCUT2D eigenvalue weighted by molar-refractivity contribution is 6.01. The number of amides is 1. The lowest BCUT2D eigenvalue weighted by Gasteiger charge is -2.22. The molecular formula is C14H19N5O2. The van der Waals surface area contributed by atoms with Crippen LogP contribution >= 0.6 is 0 Å². The maximum Gasteiger partial charge on any atom is 0.295 e. The number of hydrogen-bond acceptors (Lipinski definition) is 5. The lowest BCUT2D eigenvalue weighted by atomic mass is 10.2. The molecule has 0 atom stereocenters. The molecule has 0 aliphatic heterocycles. The van der Waals surface area contributed by atoms with Crippen LogP contribution in [0.2, 0.25) is 0 Å². The van der Waals surface area contributed by atoms with Crippen LogP contribution in [0.5, 0.6) is 0 Å². The maximum absolute atomic E-state index is 11.9. The zero-order valence-corrected chi connectivity index (χ0v) is 12.1. The number of likely N-dealkylation sites (N-methyl/N-ethyl adjacent to an activating group) is 1. The number of anilines is 2. The van der Waals surface area contributed by atoms with Crippen LogP contribution in [0.25, 0.3) is 0 Å². The van der Waals surface area contributed by atoms with Gasteiger partial charge in [0.1, 0.15) is 5.82 Å². The van der Waals surface area contributed by atoms with Crippen LogP contribution < -0.4 is 10.2 Å². The SMILES string of the molecule is CCN(CCO)c1ccc(NC(=O)c2n[nH]c(C)n2)cc1. The molecule has 0 aliphatic carbocycles. The van der Waals surface area contributed by atoms with E-state index >= 15 is 0 Å². The van der Waals surface area contributed by atoms with Crippen molar-refractivity contribution in [3.05, 3.63) is 35.9 Å². The minimum atomic E-state index is -0.352. The van der Waals surface area contributed by atoms with Crippen molar-refractivity contribution >= 4 is 17.3 Å². The summed E-state index contributed by atoms with van der Waals surface area (Å²) in [5.74, 6) is 0.361. The van der Waals surface area contributed by atoms with Gasteiger partial charge in [-0.25, -0.2) is 4.98 Å². The second kappa shape index (κ2) is 6.85. The molecule has 0 aliphatic rings. The molecule has 0 bridgehead atoms. The third-order valence-corrected chi connectivity index (χ3v) is 3.04. The normalized spacial score (nSPS) is 10.4. The molecule has 21 heavy (non-hydrogen) atoms. The summed E-state index contributed by atoms with van der Waals surface area (Å²) in [4.78, 5) is 17.9. The number of H-pyrrole nitrogens is 1. The molecular weight excluding hydrogens is 270 g/mol. The van der Waals surface area contributed by atoms with E-state index in [4.69, 9.17) is 5.11 Å².